The molecule has 0 N–H and O–H groups in total. The predicted molar refractivity (Wildman–Crippen MR) is 99.0 cm³/mol. The van der Waals surface area contributed by atoms with Gasteiger partial charge in [-0.25, -0.2) is 0 Å². The van der Waals surface area contributed by atoms with E-state index in [1.807, 2.05) is 29.2 Å². The Morgan fingerprint density at radius 1 is 1.07 bits per heavy atom. The molecule has 134 valence electrons. The summed E-state index contributed by atoms with van der Waals surface area (Å²) < 4.78 is 10.6. The van der Waals surface area contributed by atoms with Gasteiger partial charge in [0.25, 0.3) is 0 Å². The van der Waals surface area contributed by atoms with Crippen LogP contribution in [-0.4, -0.2) is 34.0 Å². The van der Waals surface area contributed by atoms with E-state index in [1.54, 1.807) is 18.4 Å². The molecule has 1 aliphatic rings. The van der Waals surface area contributed by atoms with E-state index in [4.69, 9.17) is 8.94 Å². The van der Waals surface area contributed by atoms with Crippen LogP contribution in [0.25, 0.3) is 22.4 Å². The fraction of sp³-hybridized carbons (Fsp3) is 0.190. The molecule has 2 aromatic heterocycles. The Balaban J connectivity index is 1.25. The second kappa shape index (κ2) is 6.39. The van der Waals surface area contributed by atoms with Crippen LogP contribution in [-0.2, 0) is 11.2 Å². The van der Waals surface area contributed by atoms with Crippen molar-refractivity contribution in [1.29, 1.82) is 0 Å². The second-order valence-electron chi connectivity index (χ2n) is 6.74. The summed E-state index contributed by atoms with van der Waals surface area (Å²) in [6.07, 6.45) is 1.97. The van der Waals surface area contributed by atoms with Crippen LogP contribution in [0.2, 0.25) is 0 Å². The van der Waals surface area contributed by atoms with Gasteiger partial charge in [-0.3, -0.25) is 4.79 Å². The maximum Gasteiger partial charge on any atom is 0.238 e. The van der Waals surface area contributed by atoms with Crippen molar-refractivity contribution in [2.75, 3.05) is 13.1 Å². The highest BCUT2D eigenvalue weighted by molar-refractivity contribution is 5.90. The highest BCUT2D eigenvalue weighted by Gasteiger charge is 2.35. The molecule has 0 atom stereocenters. The van der Waals surface area contributed by atoms with E-state index in [0.29, 0.717) is 37.0 Å². The number of hydrogen-bond donors (Lipinski definition) is 0. The topological polar surface area (TPSA) is 72.4 Å². The van der Waals surface area contributed by atoms with Crippen molar-refractivity contribution in [1.82, 2.24) is 15.0 Å². The fourth-order valence-electron chi connectivity index (χ4n) is 3.47. The quantitative estimate of drug-likeness (QED) is 0.556. The molecule has 1 fully saturated rings. The van der Waals surface area contributed by atoms with Crippen molar-refractivity contribution >= 4 is 16.7 Å². The molecule has 0 aliphatic carbocycles. The summed E-state index contributed by atoms with van der Waals surface area (Å²) in [7, 11) is 0. The van der Waals surface area contributed by atoms with Gasteiger partial charge >= 0.3 is 0 Å². The van der Waals surface area contributed by atoms with Gasteiger partial charge in [0, 0.05) is 13.1 Å². The number of rotatable bonds is 4. The molecule has 0 saturated carbocycles. The number of benzene rings is 2. The third-order valence-electron chi connectivity index (χ3n) is 4.99. The third-order valence-corrected chi connectivity index (χ3v) is 4.99. The van der Waals surface area contributed by atoms with E-state index in [-0.39, 0.29) is 11.8 Å². The highest BCUT2D eigenvalue weighted by Crippen LogP contribution is 2.29. The fourth-order valence-corrected chi connectivity index (χ4v) is 3.47. The summed E-state index contributed by atoms with van der Waals surface area (Å²) in [5.74, 6) is 1.77. The molecule has 6 heteroatoms. The third kappa shape index (κ3) is 2.89. The summed E-state index contributed by atoms with van der Waals surface area (Å²) in [5, 5.41) is 6.23. The number of furan rings is 1. The summed E-state index contributed by atoms with van der Waals surface area (Å²) in [5.41, 5.74) is 1.06. The zero-order valence-electron chi connectivity index (χ0n) is 14.5. The smallest absolute Gasteiger partial charge is 0.238 e. The van der Waals surface area contributed by atoms with Crippen LogP contribution < -0.4 is 0 Å². The van der Waals surface area contributed by atoms with Crippen molar-refractivity contribution < 1.29 is 13.7 Å². The largest absolute Gasteiger partial charge is 0.461 e. The van der Waals surface area contributed by atoms with Crippen molar-refractivity contribution in [2.24, 2.45) is 0 Å². The molecule has 27 heavy (non-hydrogen) atoms. The first-order valence-electron chi connectivity index (χ1n) is 8.90. The van der Waals surface area contributed by atoms with Crippen LogP contribution in [0.1, 0.15) is 17.4 Å². The van der Waals surface area contributed by atoms with Gasteiger partial charge in [0.1, 0.15) is 0 Å². The van der Waals surface area contributed by atoms with E-state index < -0.39 is 0 Å². The average molecular weight is 359 g/mol. The lowest BCUT2D eigenvalue weighted by molar-refractivity contribution is -0.135. The number of aromatic nitrogens is 2. The number of fused-ring (bicyclic) bond motifs is 1. The molecular formula is C21H17N3O3. The van der Waals surface area contributed by atoms with Gasteiger partial charge in [-0.15, -0.1) is 0 Å². The van der Waals surface area contributed by atoms with Gasteiger partial charge in [0.2, 0.25) is 17.6 Å². The molecule has 5 rings (SSSR count). The normalized spacial score (nSPS) is 14.4. The van der Waals surface area contributed by atoms with Gasteiger partial charge in [0.15, 0.2) is 5.76 Å². The van der Waals surface area contributed by atoms with Crippen molar-refractivity contribution in [2.45, 2.75) is 12.3 Å². The standard InChI is InChI=1S/C21H17N3O3/c25-19(11-15-7-3-6-14-5-1-2-8-17(14)15)24-12-16(13-24)21-22-20(23-27-21)18-9-4-10-26-18/h1-10,16H,11-13H2. The lowest BCUT2D eigenvalue weighted by atomic mass is 9.97. The molecule has 1 amide bonds. The molecule has 6 nitrogen and oxygen atoms in total. The van der Waals surface area contributed by atoms with Crippen molar-refractivity contribution in [3.63, 3.8) is 0 Å². The van der Waals surface area contributed by atoms with Gasteiger partial charge in [0.05, 0.1) is 18.6 Å². The van der Waals surface area contributed by atoms with Crippen molar-refractivity contribution in [3.8, 4) is 11.6 Å². The summed E-state index contributed by atoms with van der Waals surface area (Å²) in [6.45, 7) is 1.20. The number of amides is 1. The molecule has 1 saturated heterocycles. The molecule has 1 aliphatic heterocycles. The van der Waals surface area contributed by atoms with Crippen molar-refractivity contribution in [3.05, 3.63) is 72.3 Å². The van der Waals surface area contributed by atoms with E-state index in [0.717, 1.165) is 16.3 Å². The Kier molecular flexibility index (Phi) is 3.74. The maximum atomic E-state index is 12.7. The maximum absolute atomic E-state index is 12.7. The molecule has 0 radical (unpaired) electrons. The number of nitrogens with zero attached hydrogens (tertiary/aromatic N) is 3. The number of hydrogen-bond acceptors (Lipinski definition) is 5. The Bertz CT molecular complexity index is 1090. The molecule has 0 spiro atoms. The summed E-state index contributed by atoms with van der Waals surface area (Å²) >= 11 is 0. The Morgan fingerprint density at radius 2 is 1.93 bits per heavy atom. The molecular weight excluding hydrogens is 342 g/mol. The first-order chi connectivity index (χ1) is 13.3. The van der Waals surface area contributed by atoms with Crippen LogP contribution in [0.4, 0.5) is 0 Å². The van der Waals surface area contributed by atoms with Crippen LogP contribution >= 0.6 is 0 Å². The van der Waals surface area contributed by atoms with E-state index in [9.17, 15) is 4.79 Å². The van der Waals surface area contributed by atoms with E-state index in [1.165, 1.54) is 0 Å². The average Bonchev–Trinajstić information content (AvgIpc) is 3.32. The zero-order chi connectivity index (χ0) is 18.2. The van der Waals surface area contributed by atoms with E-state index >= 15 is 0 Å². The predicted octanol–water partition coefficient (Wildman–Crippen LogP) is 3.65. The minimum Gasteiger partial charge on any atom is -0.461 e. The summed E-state index contributed by atoms with van der Waals surface area (Å²) in [4.78, 5) is 18.9. The van der Waals surface area contributed by atoms with Crippen LogP contribution in [0.15, 0.2) is 69.8 Å². The summed E-state index contributed by atoms with van der Waals surface area (Å²) in [6, 6.07) is 17.8. The van der Waals surface area contributed by atoms with Crippen LogP contribution in [0.5, 0.6) is 0 Å². The van der Waals surface area contributed by atoms with Crippen LogP contribution in [0.3, 0.4) is 0 Å². The number of carbonyl (C=O) groups is 1. The Hall–Kier alpha value is -3.41. The van der Waals surface area contributed by atoms with Gasteiger partial charge in [-0.2, -0.15) is 4.98 Å². The minimum absolute atomic E-state index is 0.0812. The van der Waals surface area contributed by atoms with Gasteiger partial charge < -0.3 is 13.8 Å². The second-order valence-corrected chi connectivity index (χ2v) is 6.74. The van der Waals surface area contributed by atoms with E-state index in [2.05, 4.69) is 28.3 Å². The monoisotopic (exact) mass is 359 g/mol. The molecule has 3 heterocycles. The van der Waals surface area contributed by atoms with Gasteiger partial charge in [-0.05, 0) is 28.5 Å². The molecule has 2 aromatic carbocycles. The molecule has 0 bridgehead atoms. The SMILES string of the molecule is O=C(Cc1cccc2ccccc12)N1CC(c2nc(-c3ccco3)no2)C1. The Labute approximate surface area is 155 Å². The zero-order valence-corrected chi connectivity index (χ0v) is 14.5. The first-order valence-corrected chi connectivity index (χ1v) is 8.90. The van der Waals surface area contributed by atoms with Gasteiger partial charge in [-0.1, -0.05) is 47.6 Å². The molecule has 0 unspecified atom stereocenters. The lowest BCUT2D eigenvalue weighted by Gasteiger charge is -2.37. The number of carbonyl (C=O) groups excluding carboxylic acids is 1. The lowest BCUT2D eigenvalue weighted by Crippen LogP contribution is -2.49. The van der Waals surface area contributed by atoms with Crippen LogP contribution in [0, 0.1) is 0 Å². The Morgan fingerprint density at radius 3 is 2.78 bits per heavy atom. The minimum atomic E-state index is 0.0812. The number of likely N-dealkylation sites (tertiary alicyclic amines) is 1. The molecule has 4 aromatic rings. The highest BCUT2D eigenvalue weighted by atomic mass is 16.5. The first kappa shape index (κ1) is 15.8.